The van der Waals surface area contributed by atoms with Crippen LogP contribution in [0.5, 0.6) is 0 Å². The van der Waals surface area contributed by atoms with Crippen LogP contribution in [0.4, 0.5) is 11.4 Å². The van der Waals surface area contributed by atoms with Crippen molar-refractivity contribution in [3.63, 3.8) is 0 Å². The van der Waals surface area contributed by atoms with Crippen LogP contribution in [0.15, 0.2) is 47.6 Å². The van der Waals surface area contributed by atoms with Crippen LogP contribution in [-0.2, 0) is 0 Å². The van der Waals surface area contributed by atoms with Crippen LogP contribution >= 0.6 is 0 Å². The number of hydrogen-bond acceptors (Lipinski definition) is 4. The molecule has 2 N–H and O–H groups in total. The van der Waals surface area contributed by atoms with Crippen LogP contribution in [0.3, 0.4) is 0 Å². The molecule has 6 nitrogen and oxygen atoms in total. The first-order valence-electron chi connectivity index (χ1n) is 10.2. The lowest BCUT2D eigenvalue weighted by Gasteiger charge is -2.47. The first-order valence-corrected chi connectivity index (χ1v) is 10.2. The van der Waals surface area contributed by atoms with Gasteiger partial charge in [-0.3, -0.25) is 14.8 Å². The number of benzene rings is 1. The number of rotatable bonds is 1. The molecule has 1 unspecified atom stereocenters. The minimum absolute atomic E-state index is 0.0207. The number of pyridine rings is 1. The molecule has 4 rings (SSSR count). The predicted molar refractivity (Wildman–Crippen MR) is 118 cm³/mol. The third kappa shape index (κ3) is 3.97. The van der Waals surface area contributed by atoms with Crippen LogP contribution in [-0.4, -0.2) is 45.8 Å². The van der Waals surface area contributed by atoms with Gasteiger partial charge >= 0.3 is 0 Å². The summed E-state index contributed by atoms with van der Waals surface area (Å²) in [6.07, 6.45) is 3.50. The zero-order valence-electron chi connectivity index (χ0n) is 17.6. The van der Waals surface area contributed by atoms with E-state index in [-0.39, 0.29) is 11.4 Å². The number of nitrogens with one attached hydrogen (secondary N) is 2. The molecule has 2 aliphatic rings. The Labute approximate surface area is 172 Å². The highest BCUT2D eigenvalue weighted by atomic mass is 16.2. The van der Waals surface area contributed by atoms with E-state index in [9.17, 15) is 4.79 Å². The lowest BCUT2D eigenvalue weighted by molar-refractivity contribution is 0.0694. The predicted octanol–water partition coefficient (Wildman–Crippen LogP) is 4.10. The van der Waals surface area contributed by atoms with E-state index in [0.717, 1.165) is 42.3 Å². The monoisotopic (exact) mass is 391 g/mol. The Morgan fingerprint density at radius 1 is 1.17 bits per heavy atom. The smallest absolute Gasteiger partial charge is 0.255 e. The lowest BCUT2D eigenvalue weighted by atomic mass is 9.84. The third-order valence-corrected chi connectivity index (χ3v) is 5.39. The van der Waals surface area contributed by atoms with Crippen LogP contribution in [0.1, 0.15) is 49.7 Å². The zero-order chi connectivity index (χ0) is 20.6. The Balaban J connectivity index is 1.69. The fourth-order valence-electron chi connectivity index (χ4n) is 4.04. The number of anilines is 2. The van der Waals surface area contributed by atoms with E-state index in [1.54, 1.807) is 6.20 Å². The molecule has 1 saturated heterocycles. The quantitative estimate of drug-likeness (QED) is 0.768. The van der Waals surface area contributed by atoms with Crippen LogP contribution in [0.25, 0.3) is 0 Å². The molecule has 2 aliphatic heterocycles. The number of hydrogen-bond donors (Lipinski definition) is 2. The Morgan fingerprint density at radius 3 is 2.62 bits per heavy atom. The summed E-state index contributed by atoms with van der Waals surface area (Å²) < 4.78 is 0. The van der Waals surface area contributed by atoms with Gasteiger partial charge in [0.2, 0.25) is 0 Å². The first kappa shape index (κ1) is 19.4. The maximum Gasteiger partial charge on any atom is 0.255 e. The summed E-state index contributed by atoms with van der Waals surface area (Å²) in [5.74, 6) is 0.926. The third-order valence-electron chi connectivity index (χ3n) is 5.39. The van der Waals surface area contributed by atoms with Gasteiger partial charge in [-0.25, -0.2) is 0 Å². The van der Waals surface area contributed by atoms with Crippen molar-refractivity contribution in [1.82, 2.24) is 9.88 Å². The molecule has 1 fully saturated rings. The Bertz CT molecular complexity index is 944. The average molecular weight is 392 g/mol. The number of carbonyl (C=O) groups is 1. The van der Waals surface area contributed by atoms with Crippen molar-refractivity contribution in [3.05, 3.63) is 53.9 Å². The largest absolute Gasteiger partial charge is 0.370 e. The molecule has 6 heteroatoms. The van der Waals surface area contributed by atoms with Crippen LogP contribution < -0.4 is 10.6 Å². The van der Waals surface area contributed by atoms with Crippen LogP contribution in [0.2, 0.25) is 0 Å². The van der Waals surface area contributed by atoms with E-state index in [2.05, 4.69) is 48.5 Å². The minimum Gasteiger partial charge on any atom is -0.370 e. The SMILES string of the molecule is Cc1ccc(C(=O)N2CCCC3(C2)Nc2ccccc2NC3=NC(C)(C)C)cn1. The molecule has 2 aromatic rings. The summed E-state index contributed by atoms with van der Waals surface area (Å²) in [5, 5.41) is 7.29. The summed E-state index contributed by atoms with van der Waals surface area (Å²) in [6, 6.07) is 11.9. The fourth-order valence-corrected chi connectivity index (χ4v) is 4.04. The second-order valence-electron chi connectivity index (χ2n) is 9.03. The molecular weight excluding hydrogens is 362 g/mol. The topological polar surface area (TPSA) is 69.6 Å². The molecule has 0 saturated carbocycles. The molecule has 1 atom stereocenters. The van der Waals surface area contributed by atoms with E-state index < -0.39 is 5.54 Å². The van der Waals surface area contributed by atoms with Crippen LogP contribution in [0, 0.1) is 6.92 Å². The maximum atomic E-state index is 13.2. The summed E-state index contributed by atoms with van der Waals surface area (Å²) in [4.78, 5) is 24.4. The Kier molecular flexibility index (Phi) is 4.81. The zero-order valence-corrected chi connectivity index (χ0v) is 17.6. The summed E-state index contributed by atoms with van der Waals surface area (Å²) >= 11 is 0. The number of carbonyl (C=O) groups excluding carboxylic acids is 1. The number of fused-ring (bicyclic) bond motifs is 1. The molecule has 152 valence electrons. The molecule has 29 heavy (non-hydrogen) atoms. The molecular formula is C23H29N5O. The summed E-state index contributed by atoms with van der Waals surface area (Å²) in [6.45, 7) is 9.52. The van der Waals surface area contributed by atoms with Gasteiger partial charge < -0.3 is 15.5 Å². The van der Waals surface area contributed by atoms with E-state index in [0.29, 0.717) is 12.1 Å². The number of aryl methyl sites for hydroxylation is 1. The molecule has 0 bridgehead atoms. The van der Waals surface area contributed by atoms with Gasteiger partial charge in [0, 0.05) is 18.4 Å². The number of likely N-dealkylation sites (tertiary alicyclic amines) is 1. The van der Waals surface area contributed by atoms with Gasteiger partial charge in [-0.05, 0) is 64.8 Å². The number of nitrogens with zero attached hydrogens (tertiary/aromatic N) is 3. The van der Waals surface area contributed by atoms with Crippen molar-refractivity contribution in [2.45, 2.75) is 51.6 Å². The van der Waals surface area contributed by atoms with Crippen molar-refractivity contribution in [3.8, 4) is 0 Å². The van der Waals surface area contributed by atoms with Crippen molar-refractivity contribution >= 4 is 23.1 Å². The second kappa shape index (κ2) is 7.17. The van der Waals surface area contributed by atoms with Gasteiger partial charge in [-0.1, -0.05) is 12.1 Å². The minimum atomic E-state index is -0.423. The standard InChI is InChI=1S/C23H29N5O/c1-16-10-11-17(14-24-16)20(29)28-13-7-12-23(15-28)21(27-22(2,3)4)25-18-8-5-6-9-19(18)26-23/h5-6,8-11,14,26H,7,12-13,15H2,1-4H3,(H,25,27). The van der Waals surface area contributed by atoms with Gasteiger partial charge in [0.05, 0.1) is 29.0 Å². The first-order chi connectivity index (χ1) is 13.8. The van der Waals surface area contributed by atoms with Gasteiger partial charge in [-0.15, -0.1) is 0 Å². The number of piperidine rings is 1. The van der Waals surface area contributed by atoms with Gasteiger partial charge in [0.15, 0.2) is 0 Å². The van der Waals surface area contributed by atoms with Gasteiger partial charge in [0.1, 0.15) is 11.4 Å². The normalized spacial score (nSPS) is 22.8. The van der Waals surface area contributed by atoms with E-state index in [1.165, 1.54) is 0 Å². The fraction of sp³-hybridized carbons (Fsp3) is 0.435. The highest BCUT2D eigenvalue weighted by Gasteiger charge is 2.45. The molecule has 0 aliphatic carbocycles. The Morgan fingerprint density at radius 2 is 1.93 bits per heavy atom. The number of amidine groups is 1. The Hall–Kier alpha value is -2.89. The second-order valence-corrected chi connectivity index (χ2v) is 9.03. The van der Waals surface area contributed by atoms with E-state index >= 15 is 0 Å². The number of aromatic nitrogens is 1. The van der Waals surface area contributed by atoms with E-state index in [4.69, 9.17) is 4.99 Å². The number of aliphatic imine (C=N–C) groups is 1. The van der Waals surface area contributed by atoms with Crippen molar-refractivity contribution in [1.29, 1.82) is 0 Å². The lowest BCUT2D eigenvalue weighted by Crippen LogP contribution is -2.63. The van der Waals surface area contributed by atoms with Crippen molar-refractivity contribution < 1.29 is 4.79 Å². The van der Waals surface area contributed by atoms with E-state index in [1.807, 2.05) is 36.1 Å². The maximum absolute atomic E-state index is 13.2. The van der Waals surface area contributed by atoms with Crippen molar-refractivity contribution in [2.24, 2.45) is 4.99 Å². The molecule has 1 spiro atoms. The van der Waals surface area contributed by atoms with Crippen molar-refractivity contribution in [2.75, 3.05) is 23.7 Å². The van der Waals surface area contributed by atoms with Gasteiger partial charge in [-0.2, -0.15) is 0 Å². The molecule has 0 radical (unpaired) electrons. The molecule has 1 amide bonds. The molecule has 1 aromatic heterocycles. The molecule has 3 heterocycles. The summed E-state index contributed by atoms with van der Waals surface area (Å²) in [5.41, 5.74) is 2.96. The average Bonchev–Trinajstić information content (AvgIpc) is 2.68. The van der Waals surface area contributed by atoms with Gasteiger partial charge in [0.25, 0.3) is 5.91 Å². The molecule has 1 aromatic carbocycles. The number of para-hydroxylation sites is 2. The summed E-state index contributed by atoms with van der Waals surface area (Å²) in [7, 11) is 0. The highest BCUT2D eigenvalue weighted by Crippen LogP contribution is 2.37. The number of amides is 1. The highest BCUT2D eigenvalue weighted by molar-refractivity contribution is 6.10.